The van der Waals surface area contributed by atoms with Crippen molar-refractivity contribution < 1.29 is 19.8 Å². The molecule has 1 fully saturated rings. The van der Waals surface area contributed by atoms with Gasteiger partial charge in [0.2, 0.25) is 5.91 Å². The molecule has 1 unspecified atom stereocenters. The smallest absolute Gasteiger partial charge is 0.303 e. The molecule has 2 atom stereocenters. The van der Waals surface area contributed by atoms with Crippen LogP contribution in [0.1, 0.15) is 69.6 Å². The van der Waals surface area contributed by atoms with Crippen LogP contribution in [0.5, 0.6) is 0 Å². The minimum atomic E-state index is -0.778. The van der Waals surface area contributed by atoms with Crippen molar-refractivity contribution in [2.45, 2.75) is 71.4 Å². The summed E-state index contributed by atoms with van der Waals surface area (Å²) in [6.07, 6.45) is 7.12. The van der Waals surface area contributed by atoms with E-state index in [1.807, 2.05) is 74.2 Å². The average Bonchev–Trinajstić information content (AvgIpc) is 3.02. The fourth-order valence-electron chi connectivity index (χ4n) is 4.80. The van der Waals surface area contributed by atoms with Crippen molar-refractivity contribution in [2.75, 3.05) is 6.54 Å². The number of halogens is 1. The van der Waals surface area contributed by atoms with E-state index in [0.717, 1.165) is 41.5 Å². The number of carboxylic acids is 1. The van der Waals surface area contributed by atoms with Gasteiger partial charge >= 0.3 is 5.97 Å². The molecule has 2 N–H and O–H groups in total. The van der Waals surface area contributed by atoms with Crippen molar-refractivity contribution in [2.24, 2.45) is 5.41 Å². The van der Waals surface area contributed by atoms with Crippen molar-refractivity contribution in [3.8, 4) is 11.1 Å². The molecule has 0 spiro atoms. The van der Waals surface area contributed by atoms with E-state index in [-0.39, 0.29) is 18.4 Å². The number of aliphatic hydroxyl groups is 1. The molecule has 188 valence electrons. The number of carboxylic acid groups (broad SMARTS) is 1. The first-order chi connectivity index (χ1) is 16.6. The Kier molecular flexibility index (Phi) is 9.15. The molecule has 35 heavy (non-hydrogen) atoms. The number of carbonyl (C=O) groups is 2. The SMILES string of the molecule is Cc1cc(Cl)ccc1-c1cccc([C@H](O)C=CC2CC(C)(C)C(=O)N2CCCCCCC(=O)O)c1. The van der Waals surface area contributed by atoms with Crippen molar-refractivity contribution in [3.63, 3.8) is 0 Å². The monoisotopic (exact) mass is 497 g/mol. The standard InChI is InChI=1S/C29H36ClNO4/c1-20-17-23(30)12-14-25(20)21-9-8-10-22(18-21)26(32)15-13-24-19-29(2,3)28(35)31(24)16-7-5-4-6-11-27(33)34/h8-10,12-15,17-18,24,26,32H,4-7,11,16,19H2,1-3H3,(H,33,34)/t24?,26-/m1/s1. The molecule has 1 amide bonds. The highest BCUT2D eigenvalue weighted by molar-refractivity contribution is 6.30. The summed E-state index contributed by atoms with van der Waals surface area (Å²) in [5.41, 5.74) is 3.53. The van der Waals surface area contributed by atoms with Gasteiger partial charge in [0, 0.05) is 23.4 Å². The summed E-state index contributed by atoms with van der Waals surface area (Å²) in [4.78, 5) is 25.5. The number of hydrogen-bond acceptors (Lipinski definition) is 3. The van der Waals surface area contributed by atoms with Gasteiger partial charge < -0.3 is 15.1 Å². The molecule has 1 saturated heterocycles. The third-order valence-electron chi connectivity index (χ3n) is 6.74. The van der Waals surface area contributed by atoms with Crippen LogP contribution in [-0.4, -0.2) is 39.6 Å². The molecule has 2 aromatic rings. The lowest BCUT2D eigenvalue weighted by Crippen LogP contribution is -2.35. The Morgan fingerprint density at radius 2 is 1.91 bits per heavy atom. The van der Waals surface area contributed by atoms with Gasteiger partial charge in [-0.2, -0.15) is 0 Å². The summed E-state index contributed by atoms with van der Waals surface area (Å²) < 4.78 is 0. The second kappa shape index (κ2) is 11.9. The number of amides is 1. The molecule has 0 bridgehead atoms. The van der Waals surface area contributed by atoms with E-state index in [0.29, 0.717) is 24.4 Å². The highest BCUT2D eigenvalue weighted by Gasteiger charge is 2.43. The van der Waals surface area contributed by atoms with Crippen molar-refractivity contribution in [1.29, 1.82) is 0 Å². The van der Waals surface area contributed by atoms with Crippen LogP contribution in [0.4, 0.5) is 0 Å². The Balaban J connectivity index is 1.66. The molecule has 0 saturated carbocycles. The van der Waals surface area contributed by atoms with Crippen LogP contribution in [0.2, 0.25) is 5.02 Å². The van der Waals surface area contributed by atoms with Gasteiger partial charge in [-0.15, -0.1) is 0 Å². The molecule has 0 aromatic heterocycles. The summed E-state index contributed by atoms with van der Waals surface area (Å²) in [6, 6.07) is 13.6. The predicted molar refractivity (Wildman–Crippen MR) is 140 cm³/mol. The lowest BCUT2D eigenvalue weighted by molar-refractivity contribution is -0.137. The number of nitrogens with zero attached hydrogens (tertiary/aromatic N) is 1. The molecule has 0 aliphatic carbocycles. The van der Waals surface area contributed by atoms with Crippen molar-refractivity contribution >= 4 is 23.5 Å². The third kappa shape index (κ3) is 7.18. The minimum Gasteiger partial charge on any atom is -0.481 e. The van der Waals surface area contributed by atoms with E-state index in [4.69, 9.17) is 16.7 Å². The molecule has 1 heterocycles. The van der Waals surface area contributed by atoms with Crippen molar-refractivity contribution in [1.82, 2.24) is 4.90 Å². The van der Waals surface area contributed by atoms with E-state index in [1.165, 1.54) is 0 Å². The number of carbonyl (C=O) groups excluding carboxylic acids is 1. The van der Waals surface area contributed by atoms with Crippen LogP contribution in [0.25, 0.3) is 11.1 Å². The van der Waals surface area contributed by atoms with Gasteiger partial charge in [-0.1, -0.05) is 74.7 Å². The topological polar surface area (TPSA) is 77.8 Å². The largest absolute Gasteiger partial charge is 0.481 e. The average molecular weight is 498 g/mol. The van der Waals surface area contributed by atoms with Gasteiger partial charge in [0.1, 0.15) is 0 Å². The molecule has 1 aliphatic heterocycles. The Morgan fingerprint density at radius 1 is 1.17 bits per heavy atom. The minimum absolute atomic E-state index is 0.0622. The van der Waals surface area contributed by atoms with Gasteiger partial charge in [-0.05, 0) is 66.6 Å². The maximum atomic E-state index is 13.0. The molecule has 0 radical (unpaired) electrons. The fraction of sp³-hybridized carbons (Fsp3) is 0.448. The number of hydrogen-bond donors (Lipinski definition) is 2. The number of aliphatic hydroxyl groups excluding tert-OH is 1. The summed E-state index contributed by atoms with van der Waals surface area (Å²) >= 11 is 6.10. The lowest BCUT2D eigenvalue weighted by Gasteiger charge is -2.23. The predicted octanol–water partition coefficient (Wildman–Crippen LogP) is 6.57. The molecule has 3 rings (SSSR count). The second-order valence-corrected chi connectivity index (χ2v) is 10.6. The highest BCUT2D eigenvalue weighted by Crippen LogP contribution is 2.37. The van der Waals surface area contributed by atoms with Gasteiger partial charge in [-0.3, -0.25) is 9.59 Å². The van der Waals surface area contributed by atoms with Crippen molar-refractivity contribution in [3.05, 3.63) is 70.8 Å². The number of aryl methyl sites for hydroxylation is 1. The number of benzene rings is 2. The van der Waals surface area contributed by atoms with Gasteiger partial charge in [0.15, 0.2) is 0 Å². The molecular formula is C29H36ClNO4. The fourth-order valence-corrected chi connectivity index (χ4v) is 5.02. The van der Waals surface area contributed by atoms with E-state index in [9.17, 15) is 14.7 Å². The molecule has 5 nitrogen and oxygen atoms in total. The Morgan fingerprint density at radius 3 is 2.63 bits per heavy atom. The van der Waals surface area contributed by atoms with Crippen LogP contribution in [-0.2, 0) is 9.59 Å². The molecular weight excluding hydrogens is 462 g/mol. The van der Waals surface area contributed by atoms with Crippen LogP contribution >= 0.6 is 11.6 Å². The van der Waals surface area contributed by atoms with Crippen LogP contribution in [0.15, 0.2) is 54.6 Å². The van der Waals surface area contributed by atoms with E-state index >= 15 is 0 Å². The van der Waals surface area contributed by atoms with Gasteiger partial charge in [0.25, 0.3) is 0 Å². The van der Waals surface area contributed by atoms with E-state index in [2.05, 4.69) is 0 Å². The molecule has 2 aromatic carbocycles. The quantitative estimate of drug-likeness (QED) is 0.272. The zero-order chi connectivity index (χ0) is 25.6. The Hall–Kier alpha value is -2.63. The molecule has 1 aliphatic rings. The maximum Gasteiger partial charge on any atom is 0.303 e. The van der Waals surface area contributed by atoms with Gasteiger partial charge in [0.05, 0.1) is 12.1 Å². The Bertz CT molecular complexity index is 1080. The lowest BCUT2D eigenvalue weighted by atomic mass is 9.89. The zero-order valence-corrected chi connectivity index (χ0v) is 21.6. The number of unbranched alkanes of at least 4 members (excludes halogenated alkanes) is 3. The zero-order valence-electron chi connectivity index (χ0n) is 20.8. The summed E-state index contributed by atoms with van der Waals surface area (Å²) in [7, 11) is 0. The van der Waals surface area contributed by atoms with E-state index < -0.39 is 17.5 Å². The number of likely N-dealkylation sites (tertiary alicyclic amines) is 1. The van der Waals surface area contributed by atoms with Crippen LogP contribution in [0.3, 0.4) is 0 Å². The first-order valence-electron chi connectivity index (χ1n) is 12.3. The number of aliphatic carboxylic acids is 1. The van der Waals surface area contributed by atoms with E-state index in [1.54, 1.807) is 6.08 Å². The Labute approximate surface area is 213 Å². The summed E-state index contributed by atoms with van der Waals surface area (Å²) in [6.45, 7) is 6.60. The highest BCUT2D eigenvalue weighted by atomic mass is 35.5. The third-order valence-corrected chi connectivity index (χ3v) is 6.98. The maximum absolute atomic E-state index is 13.0. The van der Waals surface area contributed by atoms with Crippen LogP contribution < -0.4 is 0 Å². The molecule has 6 heteroatoms. The van der Waals surface area contributed by atoms with Crippen LogP contribution in [0, 0.1) is 12.3 Å². The second-order valence-electron chi connectivity index (χ2n) is 10.1. The summed E-state index contributed by atoms with van der Waals surface area (Å²) in [5, 5.41) is 20.4. The first-order valence-corrected chi connectivity index (χ1v) is 12.7. The number of rotatable bonds is 11. The normalized spacial score (nSPS) is 18.4. The van der Waals surface area contributed by atoms with Gasteiger partial charge in [-0.25, -0.2) is 0 Å². The summed E-state index contributed by atoms with van der Waals surface area (Å²) in [5.74, 6) is -0.633. The first kappa shape index (κ1) is 27.0.